The van der Waals surface area contributed by atoms with Gasteiger partial charge in [-0.15, -0.1) is 5.56 Å². The molecule has 2 rings (SSSR count). The Morgan fingerprint density at radius 1 is 0.818 bits per heavy atom. The van der Waals surface area contributed by atoms with E-state index in [0.717, 1.165) is 6.42 Å². The summed E-state index contributed by atoms with van der Waals surface area (Å²) in [5.41, 5.74) is 5.46. The van der Waals surface area contributed by atoms with Crippen LogP contribution in [0.25, 0.3) is 0 Å². The zero-order valence-corrected chi connectivity index (χ0v) is 17.6. The number of hydrogen-bond acceptors (Lipinski definition) is 0. The maximum Gasteiger partial charge on any atom is 0 e. The first-order valence-electron chi connectivity index (χ1n) is 7.70. The normalized spacial score (nSPS) is 11.9. The number of benzene rings is 2. The van der Waals surface area contributed by atoms with Crippen molar-refractivity contribution in [3.63, 3.8) is 0 Å². The molecule has 0 spiro atoms. The Labute approximate surface area is 161 Å². The van der Waals surface area contributed by atoms with Gasteiger partial charge in [0.15, 0.2) is 0 Å². The molecule has 2 aromatic rings. The molecule has 0 nitrogen and oxygen atoms in total. The molecule has 0 atom stereocenters. The zero-order chi connectivity index (χ0) is 15.7. The summed E-state index contributed by atoms with van der Waals surface area (Å²) < 4.78 is 0. The molecule has 0 bridgehead atoms. The summed E-state index contributed by atoms with van der Waals surface area (Å²) in [6.07, 6.45) is 0.897. The summed E-state index contributed by atoms with van der Waals surface area (Å²) in [6.45, 7) is 13.6. The van der Waals surface area contributed by atoms with Crippen molar-refractivity contribution in [3.8, 4) is 0 Å². The Kier molecular flexibility index (Phi) is 6.60. The van der Waals surface area contributed by atoms with Gasteiger partial charge >= 0.3 is 0 Å². The fraction of sp³-hybridized carbons (Fsp3) is 0.429. The van der Waals surface area contributed by atoms with Crippen molar-refractivity contribution in [1.82, 2.24) is 0 Å². The van der Waals surface area contributed by atoms with Gasteiger partial charge in [0.1, 0.15) is 0 Å². The molecular weight excluding hydrogens is 341 g/mol. The molecule has 0 N–H and O–H groups in total. The third-order valence-electron chi connectivity index (χ3n) is 3.72. The first-order chi connectivity index (χ1) is 9.68. The van der Waals surface area contributed by atoms with E-state index in [1.807, 2.05) is 12.1 Å². The molecule has 22 heavy (non-hydrogen) atoms. The Morgan fingerprint density at radius 3 is 2.00 bits per heavy atom. The van der Waals surface area contributed by atoms with Crippen LogP contribution in [0.4, 0.5) is 0 Å². The molecule has 2 aromatic carbocycles. The van der Waals surface area contributed by atoms with Crippen LogP contribution in [0.2, 0.25) is 0 Å². The molecule has 0 saturated heterocycles. The van der Waals surface area contributed by atoms with Gasteiger partial charge in [0.05, 0.1) is 0 Å². The molecule has 0 aliphatic carbocycles. The summed E-state index contributed by atoms with van der Waals surface area (Å²) in [4.78, 5) is 0. The Bertz CT molecular complexity index is 598. The van der Waals surface area contributed by atoms with Gasteiger partial charge in [0.2, 0.25) is 0 Å². The standard InChI is InChI=1S/C21H26.Y/c1-20(2,3)18-13-12-17(15-19(18)21(4,5)6)14-16-10-8-7-9-11-16;/h7-10,12-13H,14H2,1-6H3;/q-2;. The molecule has 0 unspecified atom stereocenters. The van der Waals surface area contributed by atoms with Crippen molar-refractivity contribution >= 4 is 0 Å². The van der Waals surface area contributed by atoms with Crippen LogP contribution >= 0.6 is 0 Å². The molecule has 0 heterocycles. The van der Waals surface area contributed by atoms with Crippen molar-refractivity contribution in [1.29, 1.82) is 0 Å². The molecule has 0 fully saturated rings. The second-order valence-corrected chi connectivity index (χ2v) is 7.84. The Hall–Kier alpha value is -0.456. The Balaban J connectivity index is 0.00000242. The molecule has 1 radical (unpaired) electrons. The number of rotatable bonds is 2. The average Bonchev–Trinajstić information content (AvgIpc) is 2.37. The van der Waals surface area contributed by atoms with Crippen LogP contribution in [-0.4, -0.2) is 0 Å². The Morgan fingerprint density at radius 2 is 1.50 bits per heavy atom. The third-order valence-corrected chi connectivity index (χ3v) is 3.72. The van der Waals surface area contributed by atoms with Gasteiger partial charge in [-0.1, -0.05) is 47.0 Å². The van der Waals surface area contributed by atoms with Gasteiger partial charge in [-0.2, -0.15) is 65.2 Å². The van der Waals surface area contributed by atoms with E-state index in [2.05, 4.69) is 77.9 Å². The first kappa shape index (κ1) is 19.6. The van der Waals surface area contributed by atoms with Gasteiger partial charge in [-0.3, -0.25) is 0 Å². The van der Waals surface area contributed by atoms with Gasteiger partial charge < -0.3 is 0 Å². The zero-order valence-electron chi connectivity index (χ0n) is 14.7. The minimum absolute atomic E-state index is 0. The van der Waals surface area contributed by atoms with Crippen LogP contribution < -0.4 is 0 Å². The molecule has 115 valence electrons. The SMILES string of the molecule is CC(C)(C)c1[c-]c(Cc2[c-]cccc2)ccc1C(C)(C)C.[Y]. The minimum atomic E-state index is 0. The molecule has 0 aromatic heterocycles. The van der Waals surface area contributed by atoms with Gasteiger partial charge in [0, 0.05) is 32.7 Å². The van der Waals surface area contributed by atoms with E-state index in [9.17, 15) is 0 Å². The van der Waals surface area contributed by atoms with E-state index in [0.29, 0.717) is 0 Å². The van der Waals surface area contributed by atoms with Crippen molar-refractivity contribution in [2.24, 2.45) is 0 Å². The molecule has 0 saturated carbocycles. The monoisotopic (exact) mass is 367 g/mol. The topological polar surface area (TPSA) is 0 Å². The predicted molar refractivity (Wildman–Crippen MR) is 90.8 cm³/mol. The van der Waals surface area contributed by atoms with Crippen LogP contribution in [0, 0.1) is 12.1 Å². The fourth-order valence-electron chi connectivity index (χ4n) is 2.60. The van der Waals surface area contributed by atoms with Crippen LogP contribution in [0.3, 0.4) is 0 Å². The minimum Gasteiger partial charge on any atom is -0.180 e. The van der Waals surface area contributed by atoms with Gasteiger partial charge in [0.25, 0.3) is 0 Å². The number of hydrogen-bond donors (Lipinski definition) is 0. The van der Waals surface area contributed by atoms with E-state index in [1.165, 1.54) is 22.3 Å². The average molecular weight is 367 g/mol. The van der Waals surface area contributed by atoms with Crippen molar-refractivity contribution < 1.29 is 32.7 Å². The fourth-order valence-corrected chi connectivity index (χ4v) is 2.60. The summed E-state index contributed by atoms with van der Waals surface area (Å²) in [5.74, 6) is 0. The third kappa shape index (κ3) is 5.03. The summed E-state index contributed by atoms with van der Waals surface area (Å²) >= 11 is 0. The van der Waals surface area contributed by atoms with Crippen LogP contribution in [0.5, 0.6) is 0 Å². The maximum absolute atomic E-state index is 3.69. The molecule has 1 heteroatoms. The molecule has 0 aliphatic rings. The van der Waals surface area contributed by atoms with Crippen LogP contribution in [-0.2, 0) is 50.0 Å². The van der Waals surface area contributed by atoms with Crippen molar-refractivity contribution in [2.45, 2.75) is 58.8 Å². The van der Waals surface area contributed by atoms with E-state index in [-0.39, 0.29) is 43.5 Å². The second kappa shape index (κ2) is 7.41. The van der Waals surface area contributed by atoms with Gasteiger partial charge in [-0.05, 0) is 11.8 Å². The maximum atomic E-state index is 3.69. The van der Waals surface area contributed by atoms with E-state index >= 15 is 0 Å². The van der Waals surface area contributed by atoms with Crippen LogP contribution in [0.15, 0.2) is 36.4 Å². The largest absolute Gasteiger partial charge is 0.180 e. The van der Waals surface area contributed by atoms with E-state index in [1.54, 1.807) is 0 Å². The second-order valence-electron chi connectivity index (χ2n) is 7.84. The van der Waals surface area contributed by atoms with Crippen LogP contribution in [0.1, 0.15) is 63.8 Å². The van der Waals surface area contributed by atoms with E-state index in [4.69, 9.17) is 0 Å². The van der Waals surface area contributed by atoms with Crippen molar-refractivity contribution in [3.05, 3.63) is 70.8 Å². The predicted octanol–water partition coefficient (Wildman–Crippen LogP) is 5.47. The molecular formula is C21H26Y-2. The summed E-state index contributed by atoms with van der Waals surface area (Å²) in [7, 11) is 0. The van der Waals surface area contributed by atoms with E-state index < -0.39 is 0 Å². The van der Waals surface area contributed by atoms with Crippen molar-refractivity contribution in [2.75, 3.05) is 0 Å². The van der Waals surface area contributed by atoms with Gasteiger partial charge in [-0.25, -0.2) is 0 Å². The first-order valence-corrected chi connectivity index (χ1v) is 7.70. The smallest absolute Gasteiger partial charge is 0 e. The quantitative estimate of drug-likeness (QED) is 0.618. The summed E-state index contributed by atoms with van der Waals surface area (Å²) in [6, 6.07) is 19.7. The summed E-state index contributed by atoms with van der Waals surface area (Å²) in [5, 5.41) is 0. The molecule has 0 aliphatic heterocycles. The molecule has 0 amide bonds.